The highest BCUT2D eigenvalue weighted by molar-refractivity contribution is 9.10. The Bertz CT molecular complexity index is 418. The van der Waals surface area contributed by atoms with Crippen LogP contribution in [-0.2, 0) is 6.54 Å². The molecule has 100 valence electrons. The number of phenolic OH excluding ortho intramolecular Hbond substituents is 1. The van der Waals surface area contributed by atoms with Crippen LogP contribution in [0.15, 0.2) is 16.6 Å². The molecule has 0 radical (unpaired) electrons. The molecule has 0 atom stereocenters. The summed E-state index contributed by atoms with van der Waals surface area (Å²) in [5.74, 6) is 0.688. The molecule has 0 spiro atoms. The summed E-state index contributed by atoms with van der Waals surface area (Å²) in [6.07, 6.45) is 0. The van der Waals surface area contributed by atoms with Crippen molar-refractivity contribution >= 4 is 15.9 Å². The smallest absolute Gasteiger partial charge is 0.172 e. The van der Waals surface area contributed by atoms with Crippen LogP contribution in [0.4, 0.5) is 0 Å². The standard InChI is InChI=1S/C13H19BrN2O2/c1-15-3-5-16(6-4-15)9-10-7-11(14)13(17)12(8-10)18-2/h7-8,17H,3-6,9H2,1-2H3. The summed E-state index contributed by atoms with van der Waals surface area (Å²) in [5, 5.41) is 9.77. The van der Waals surface area contributed by atoms with Gasteiger partial charge < -0.3 is 14.7 Å². The lowest BCUT2D eigenvalue weighted by molar-refractivity contribution is 0.148. The van der Waals surface area contributed by atoms with E-state index in [2.05, 4.69) is 32.8 Å². The molecule has 5 heteroatoms. The van der Waals surface area contributed by atoms with E-state index in [9.17, 15) is 5.11 Å². The second-order valence-electron chi connectivity index (χ2n) is 4.71. The van der Waals surface area contributed by atoms with E-state index in [0.29, 0.717) is 10.2 Å². The van der Waals surface area contributed by atoms with Gasteiger partial charge in [-0.15, -0.1) is 0 Å². The van der Waals surface area contributed by atoms with E-state index in [0.717, 1.165) is 38.3 Å². The van der Waals surface area contributed by atoms with Gasteiger partial charge in [-0.05, 0) is 40.7 Å². The average molecular weight is 315 g/mol. The molecule has 0 amide bonds. The van der Waals surface area contributed by atoms with Crippen LogP contribution in [0.25, 0.3) is 0 Å². The molecule has 1 aliphatic heterocycles. The molecule has 1 aromatic rings. The molecule has 1 aliphatic rings. The molecule has 0 unspecified atom stereocenters. The maximum atomic E-state index is 9.77. The molecule has 0 aromatic heterocycles. The van der Waals surface area contributed by atoms with Crippen LogP contribution in [0.1, 0.15) is 5.56 Å². The summed E-state index contributed by atoms with van der Waals surface area (Å²) >= 11 is 3.36. The maximum Gasteiger partial charge on any atom is 0.172 e. The zero-order valence-corrected chi connectivity index (χ0v) is 12.4. The zero-order chi connectivity index (χ0) is 13.1. The molecule has 1 aromatic carbocycles. The predicted octanol–water partition coefficient (Wildman–Crippen LogP) is 1.91. The predicted molar refractivity (Wildman–Crippen MR) is 75.1 cm³/mol. The molecule has 1 saturated heterocycles. The van der Waals surface area contributed by atoms with Crippen LogP contribution >= 0.6 is 15.9 Å². The second-order valence-corrected chi connectivity index (χ2v) is 5.56. The van der Waals surface area contributed by atoms with E-state index in [1.807, 2.05) is 12.1 Å². The number of benzene rings is 1. The number of phenols is 1. The maximum absolute atomic E-state index is 9.77. The Morgan fingerprint density at radius 1 is 1.28 bits per heavy atom. The molecule has 1 fully saturated rings. The fourth-order valence-electron chi connectivity index (χ4n) is 2.14. The number of piperazine rings is 1. The summed E-state index contributed by atoms with van der Waals surface area (Å²) in [5.41, 5.74) is 1.15. The normalized spacial score (nSPS) is 17.9. The minimum Gasteiger partial charge on any atom is -0.503 e. The number of nitrogens with zero attached hydrogens (tertiary/aromatic N) is 2. The number of hydrogen-bond donors (Lipinski definition) is 1. The van der Waals surface area contributed by atoms with Crippen LogP contribution in [0.2, 0.25) is 0 Å². The lowest BCUT2D eigenvalue weighted by Gasteiger charge is -2.32. The van der Waals surface area contributed by atoms with Crippen LogP contribution in [0.3, 0.4) is 0 Å². The molecule has 0 bridgehead atoms. The minimum absolute atomic E-state index is 0.166. The van der Waals surface area contributed by atoms with Gasteiger partial charge in [0.2, 0.25) is 0 Å². The Kier molecular flexibility index (Phi) is 4.48. The topological polar surface area (TPSA) is 35.9 Å². The van der Waals surface area contributed by atoms with Gasteiger partial charge in [0.25, 0.3) is 0 Å². The Morgan fingerprint density at radius 2 is 1.94 bits per heavy atom. The highest BCUT2D eigenvalue weighted by Crippen LogP contribution is 2.35. The number of methoxy groups -OCH3 is 1. The Labute approximate surface area is 116 Å². The molecular weight excluding hydrogens is 296 g/mol. The third-order valence-electron chi connectivity index (χ3n) is 3.31. The van der Waals surface area contributed by atoms with Crippen molar-refractivity contribution in [2.24, 2.45) is 0 Å². The third-order valence-corrected chi connectivity index (χ3v) is 3.91. The van der Waals surface area contributed by atoms with E-state index >= 15 is 0 Å². The fraction of sp³-hybridized carbons (Fsp3) is 0.538. The van der Waals surface area contributed by atoms with E-state index in [1.165, 1.54) is 0 Å². The Hall–Kier alpha value is -0.780. The van der Waals surface area contributed by atoms with Crippen molar-refractivity contribution in [1.29, 1.82) is 0 Å². The zero-order valence-electron chi connectivity index (χ0n) is 10.8. The monoisotopic (exact) mass is 314 g/mol. The van der Waals surface area contributed by atoms with Gasteiger partial charge in [-0.3, -0.25) is 4.90 Å². The van der Waals surface area contributed by atoms with Crippen LogP contribution in [0, 0.1) is 0 Å². The third kappa shape index (κ3) is 3.16. The largest absolute Gasteiger partial charge is 0.503 e. The molecule has 1 heterocycles. The van der Waals surface area contributed by atoms with Gasteiger partial charge in [0.1, 0.15) is 0 Å². The van der Waals surface area contributed by atoms with Crippen molar-refractivity contribution < 1.29 is 9.84 Å². The SMILES string of the molecule is COc1cc(CN2CCN(C)CC2)cc(Br)c1O. The summed E-state index contributed by atoms with van der Waals surface area (Å²) in [6.45, 7) is 5.27. The van der Waals surface area contributed by atoms with Gasteiger partial charge in [0.15, 0.2) is 11.5 Å². The molecule has 18 heavy (non-hydrogen) atoms. The first-order valence-corrected chi connectivity index (χ1v) is 6.85. The van der Waals surface area contributed by atoms with Gasteiger partial charge >= 0.3 is 0 Å². The van der Waals surface area contributed by atoms with Crippen molar-refractivity contribution in [2.75, 3.05) is 40.3 Å². The van der Waals surface area contributed by atoms with Gasteiger partial charge in [-0.2, -0.15) is 0 Å². The number of likely N-dealkylation sites (N-methyl/N-ethyl adjacent to an activating group) is 1. The van der Waals surface area contributed by atoms with Crippen molar-refractivity contribution in [2.45, 2.75) is 6.54 Å². The second kappa shape index (κ2) is 5.91. The average Bonchev–Trinajstić information content (AvgIpc) is 2.36. The number of halogens is 1. The van der Waals surface area contributed by atoms with Crippen molar-refractivity contribution in [3.8, 4) is 11.5 Å². The highest BCUT2D eigenvalue weighted by Gasteiger charge is 2.15. The highest BCUT2D eigenvalue weighted by atomic mass is 79.9. The van der Waals surface area contributed by atoms with E-state index < -0.39 is 0 Å². The van der Waals surface area contributed by atoms with Crippen molar-refractivity contribution in [3.05, 3.63) is 22.2 Å². The van der Waals surface area contributed by atoms with Crippen LogP contribution < -0.4 is 4.74 Å². The molecular formula is C13H19BrN2O2. The Balaban J connectivity index is 2.07. The first-order valence-electron chi connectivity index (χ1n) is 6.06. The lowest BCUT2D eigenvalue weighted by atomic mass is 10.1. The van der Waals surface area contributed by atoms with Gasteiger partial charge in [-0.25, -0.2) is 0 Å². The van der Waals surface area contributed by atoms with Gasteiger partial charge in [-0.1, -0.05) is 0 Å². The van der Waals surface area contributed by atoms with Crippen molar-refractivity contribution in [3.63, 3.8) is 0 Å². The summed E-state index contributed by atoms with van der Waals surface area (Å²) in [4.78, 5) is 4.75. The Morgan fingerprint density at radius 3 is 2.56 bits per heavy atom. The van der Waals surface area contributed by atoms with E-state index in [4.69, 9.17) is 4.74 Å². The molecule has 2 rings (SSSR count). The van der Waals surface area contributed by atoms with E-state index in [1.54, 1.807) is 7.11 Å². The molecule has 0 saturated carbocycles. The summed E-state index contributed by atoms with van der Waals surface area (Å²) in [6, 6.07) is 3.86. The molecule has 1 N–H and O–H groups in total. The van der Waals surface area contributed by atoms with E-state index in [-0.39, 0.29) is 5.75 Å². The quantitative estimate of drug-likeness (QED) is 0.924. The number of ether oxygens (including phenoxy) is 1. The number of hydrogen-bond acceptors (Lipinski definition) is 4. The number of aromatic hydroxyl groups is 1. The molecule has 0 aliphatic carbocycles. The van der Waals surface area contributed by atoms with Crippen molar-refractivity contribution in [1.82, 2.24) is 9.80 Å². The fourth-order valence-corrected chi connectivity index (χ4v) is 2.63. The van der Waals surface area contributed by atoms with Gasteiger partial charge in [0.05, 0.1) is 11.6 Å². The lowest BCUT2D eigenvalue weighted by Crippen LogP contribution is -2.43. The van der Waals surface area contributed by atoms with Crippen LogP contribution in [-0.4, -0.2) is 55.2 Å². The summed E-state index contributed by atoms with van der Waals surface area (Å²) < 4.78 is 5.85. The van der Waals surface area contributed by atoms with Crippen LogP contribution in [0.5, 0.6) is 11.5 Å². The van der Waals surface area contributed by atoms with Gasteiger partial charge in [0, 0.05) is 32.7 Å². The number of rotatable bonds is 3. The first-order chi connectivity index (χ1) is 8.60. The summed E-state index contributed by atoms with van der Waals surface area (Å²) in [7, 11) is 3.72. The molecule has 4 nitrogen and oxygen atoms in total. The minimum atomic E-state index is 0.166. The first kappa shape index (κ1) is 13.6.